The Morgan fingerprint density at radius 1 is 1.47 bits per heavy atom. The second kappa shape index (κ2) is 5.36. The Labute approximate surface area is 116 Å². The molecule has 4 nitrogen and oxygen atoms in total. The van der Waals surface area contributed by atoms with Crippen LogP contribution in [-0.2, 0) is 11.0 Å². The van der Waals surface area contributed by atoms with Crippen LogP contribution < -0.4 is 11.1 Å². The van der Waals surface area contributed by atoms with E-state index in [9.17, 15) is 18.0 Å². The minimum atomic E-state index is -4.54. The lowest BCUT2D eigenvalue weighted by Gasteiger charge is -2.27. The first-order valence-corrected chi connectivity index (χ1v) is 6.10. The summed E-state index contributed by atoms with van der Waals surface area (Å²) in [7, 11) is 0. The van der Waals surface area contributed by atoms with Gasteiger partial charge in [0.2, 0.25) is 5.91 Å². The topological polar surface area (TPSA) is 68.0 Å². The maximum Gasteiger partial charge on any atom is 0.419 e. The number of amides is 1. The molecule has 0 spiro atoms. The second-order valence-corrected chi connectivity index (χ2v) is 5.62. The van der Waals surface area contributed by atoms with Gasteiger partial charge >= 0.3 is 6.18 Å². The van der Waals surface area contributed by atoms with Crippen LogP contribution in [0, 0.1) is 0 Å². The van der Waals surface area contributed by atoms with E-state index in [2.05, 4.69) is 26.2 Å². The van der Waals surface area contributed by atoms with E-state index in [1.807, 2.05) is 0 Å². The van der Waals surface area contributed by atoms with Gasteiger partial charge in [-0.1, -0.05) is 0 Å². The van der Waals surface area contributed by atoms with Crippen LogP contribution in [0.15, 0.2) is 16.7 Å². The molecular formula is C11H13BrF3N3O. The van der Waals surface area contributed by atoms with Crippen molar-refractivity contribution in [2.45, 2.75) is 32.0 Å². The molecule has 1 rings (SSSR count). The van der Waals surface area contributed by atoms with Crippen molar-refractivity contribution in [3.63, 3.8) is 0 Å². The monoisotopic (exact) mass is 339 g/mol. The molecule has 106 valence electrons. The first-order valence-electron chi connectivity index (χ1n) is 5.30. The average molecular weight is 340 g/mol. The van der Waals surface area contributed by atoms with Crippen LogP contribution in [0.25, 0.3) is 0 Å². The third-order valence-electron chi connectivity index (χ3n) is 2.23. The Bertz CT molecular complexity index is 489. The number of nitrogens with one attached hydrogen (secondary N) is 1. The number of alkyl halides is 3. The number of pyridine rings is 1. The zero-order chi connectivity index (χ0) is 14.8. The average Bonchev–Trinajstić information content (AvgIpc) is 2.16. The van der Waals surface area contributed by atoms with E-state index in [-0.39, 0.29) is 16.7 Å². The molecule has 0 saturated carbocycles. The van der Waals surface area contributed by atoms with Gasteiger partial charge in [0.15, 0.2) is 0 Å². The number of halogens is 4. The molecule has 0 radical (unpaired) electrons. The van der Waals surface area contributed by atoms with Crippen molar-refractivity contribution >= 4 is 27.7 Å². The smallest absolute Gasteiger partial charge is 0.370 e. The maximum atomic E-state index is 12.9. The van der Waals surface area contributed by atoms with Crippen LogP contribution in [0.3, 0.4) is 0 Å². The number of carbonyl (C=O) groups excluding carboxylic acids is 1. The van der Waals surface area contributed by atoms with E-state index in [0.29, 0.717) is 0 Å². The Balaban J connectivity index is 3.11. The number of aromatic nitrogens is 1. The molecule has 1 aromatic heterocycles. The first kappa shape index (κ1) is 15.7. The minimum Gasteiger partial charge on any atom is -0.370 e. The van der Waals surface area contributed by atoms with E-state index in [4.69, 9.17) is 5.73 Å². The number of carbonyl (C=O) groups is 1. The summed E-state index contributed by atoms with van der Waals surface area (Å²) >= 11 is 2.94. The number of hydrogen-bond acceptors (Lipinski definition) is 3. The SMILES string of the molecule is CC(C)(CC(N)=O)Nc1ncc(Br)cc1C(F)(F)F. The molecular weight excluding hydrogens is 327 g/mol. The van der Waals surface area contributed by atoms with Gasteiger partial charge in [0, 0.05) is 22.6 Å². The quantitative estimate of drug-likeness (QED) is 0.886. The van der Waals surface area contributed by atoms with Gasteiger partial charge in [-0.15, -0.1) is 0 Å². The van der Waals surface area contributed by atoms with Crippen LogP contribution in [0.2, 0.25) is 0 Å². The van der Waals surface area contributed by atoms with E-state index in [1.165, 1.54) is 6.20 Å². The zero-order valence-corrected chi connectivity index (χ0v) is 11.9. The Morgan fingerprint density at radius 2 is 2.05 bits per heavy atom. The molecule has 0 aliphatic heterocycles. The first-order chi connectivity index (χ1) is 8.51. The number of anilines is 1. The molecule has 8 heteroatoms. The number of hydrogen-bond donors (Lipinski definition) is 2. The molecule has 0 aliphatic rings. The van der Waals surface area contributed by atoms with Crippen LogP contribution in [0.4, 0.5) is 19.0 Å². The van der Waals surface area contributed by atoms with Gasteiger partial charge in [0.05, 0.1) is 5.56 Å². The number of primary amides is 1. The predicted octanol–water partition coefficient (Wildman–Crippen LogP) is 2.93. The van der Waals surface area contributed by atoms with Gasteiger partial charge in [-0.25, -0.2) is 4.98 Å². The summed E-state index contributed by atoms with van der Waals surface area (Å²) in [5.41, 5.74) is 3.22. The van der Waals surface area contributed by atoms with Crippen LogP contribution in [-0.4, -0.2) is 16.4 Å². The Hall–Kier alpha value is -1.31. The standard InChI is InChI=1S/C11H13BrF3N3O/c1-10(2,4-8(16)19)18-9-7(11(13,14)15)3-6(12)5-17-9/h3,5H,4H2,1-2H3,(H2,16,19)(H,17,18). The largest absolute Gasteiger partial charge is 0.419 e. The molecule has 0 aromatic carbocycles. The minimum absolute atomic E-state index is 0.109. The lowest BCUT2D eigenvalue weighted by Crippen LogP contribution is -2.37. The van der Waals surface area contributed by atoms with Gasteiger partial charge < -0.3 is 11.1 Å². The summed E-state index contributed by atoms with van der Waals surface area (Å²) in [6, 6.07) is 0.926. The summed E-state index contributed by atoms with van der Waals surface area (Å²) in [5, 5.41) is 2.60. The highest BCUT2D eigenvalue weighted by Gasteiger charge is 2.36. The third kappa shape index (κ3) is 4.70. The van der Waals surface area contributed by atoms with Crippen LogP contribution in [0.5, 0.6) is 0 Å². The fourth-order valence-corrected chi connectivity index (χ4v) is 1.89. The second-order valence-electron chi connectivity index (χ2n) is 4.70. The molecule has 0 saturated heterocycles. The molecule has 1 amide bonds. The normalized spacial score (nSPS) is 12.3. The lowest BCUT2D eigenvalue weighted by molar-refractivity contribution is -0.137. The molecule has 1 heterocycles. The Kier molecular flexibility index (Phi) is 4.44. The van der Waals surface area contributed by atoms with Crippen molar-refractivity contribution in [3.05, 3.63) is 22.3 Å². The van der Waals surface area contributed by atoms with E-state index < -0.39 is 23.2 Å². The number of nitrogens with two attached hydrogens (primary N) is 1. The van der Waals surface area contributed by atoms with Crippen molar-refractivity contribution in [2.24, 2.45) is 5.73 Å². The summed E-state index contributed by atoms with van der Waals surface area (Å²) in [6.45, 7) is 3.14. The van der Waals surface area contributed by atoms with Gasteiger partial charge in [-0.2, -0.15) is 13.2 Å². The summed E-state index contributed by atoms with van der Waals surface area (Å²) in [5.74, 6) is -0.940. The number of rotatable bonds is 4. The third-order valence-corrected chi connectivity index (χ3v) is 2.67. The van der Waals surface area contributed by atoms with Crippen LogP contribution >= 0.6 is 15.9 Å². The van der Waals surface area contributed by atoms with Gasteiger partial charge in [0.1, 0.15) is 5.82 Å². The summed E-state index contributed by atoms with van der Waals surface area (Å²) in [6.07, 6.45) is -3.40. The highest BCUT2D eigenvalue weighted by molar-refractivity contribution is 9.10. The molecule has 3 N–H and O–H groups in total. The van der Waals surface area contributed by atoms with E-state index >= 15 is 0 Å². The molecule has 0 fully saturated rings. The highest BCUT2D eigenvalue weighted by atomic mass is 79.9. The summed E-state index contributed by atoms with van der Waals surface area (Å²) in [4.78, 5) is 14.6. The number of nitrogens with zero attached hydrogens (tertiary/aromatic N) is 1. The molecule has 0 aliphatic carbocycles. The van der Waals surface area contributed by atoms with Crippen LogP contribution in [0.1, 0.15) is 25.8 Å². The molecule has 0 unspecified atom stereocenters. The van der Waals surface area contributed by atoms with E-state index in [1.54, 1.807) is 13.8 Å². The fourth-order valence-electron chi connectivity index (χ4n) is 1.56. The fraction of sp³-hybridized carbons (Fsp3) is 0.455. The zero-order valence-electron chi connectivity index (χ0n) is 10.3. The van der Waals surface area contributed by atoms with Gasteiger partial charge in [-0.05, 0) is 35.8 Å². The van der Waals surface area contributed by atoms with Crippen molar-refractivity contribution in [1.82, 2.24) is 4.98 Å². The van der Waals surface area contributed by atoms with Crippen molar-refractivity contribution in [2.75, 3.05) is 5.32 Å². The predicted molar refractivity (Wildman–Crippen MR) is 68.5 cm³/mol. The highest BCUT2D eigenvalue weighted by Crippen LogP contribution is 2.36. The van der Waals surface area contributed by atoms with Gasteiger partial charge in [-0.3, -0.25) is 4.79 Å². The van der Waals surface area contributed by atoms with E-state index in [0.717, 1.165) is 6.07 Å². The molecule has 0 atom stereocenters. The molecule has 19 heavy (non-hydrogen) atoms. The van der Waals surface area contributed by atoms with Crippen molar-refractivity contribution in [1.29, 1.82) is 0 Å². The van der Waals surface area contributed by atoms with Crippen molar-refractivity contribution in [3.8, 4) is 0 Å². The Morgan fingerprint density at radius 3 is 2.53 bits per heavy atom. The molecule has 1 aromatic rings. The maximum absolute atomic E-state index is 12.9. The molecule has 0 bridgehead atoms. The summed E-state index contributed by atoms with van der Waals surface area (Å²) < 4.78 is 38.8. The lowest BCUT2D eigenvalue weighted by atomic mass is 10.00. The van der Waals surface area contributed by atoms with Crippen molar-refractivity contribution < 1.29 is 18.0 Å². The van der Waals surface area contributed by atoms with Gasteiger partial charge in [0.25, 0.3) is 0 Å².